The van der Waals surface area contributed by atoms with Gasteiger partial charge in [-0.25, -0.2) is 0 Å². The minimum Gasteiger partial charge on any atom is -0.301 e. The SMILES string of the molecule is O=CC1(N2CCCC2)C=CC=CC1. The molecule has 13 heavy (non-hydrogen) atoms. The van der Waals surface area contributed by atoms with Crippen molar-refractivity contribution in [1.82, 2.24) is 4.90 Å². The number of carbonyl (C=O) groups excluding carboxylic acids is 1. The first-order chi connectivity index (χ1) is 6.37. The first-order valence-electron chi connectivity index (χ1n) is 4.93. The standard InChI is InChI=1S/C11H15NO/c13-10-11(6-2-1-3-7-11)12-8-4-5-9-12/h1-3,6,10H,4-5,7-9H2. The largest absolute Gasteiger partial charge is 0.301 e. The molecule has 0 aromatic carbocycles. The van der Waals surface area contributed by atoms with Crippen LogP contribution in [0, 0.1) is 0 Å². The van der Waals surface area contributed by atoms with Gasteiger partial charge in [0.15, 0.2) is 0 Å². The highest BCUT2D eigenvalue weighted by atomic mass is 16.1. The summed E-state index contributed by atoms with van der Waals surface area (Å²) in [7, 11) is 0. The fourth-order valence-electron chi connectivity index (χ4n) is 2.16. The van der Waals surface area contributed by atoms with Crippen molar-refractivity contribution in [1.29, 1.82) is 0 Å². The molecule has 2 aliphatic rings. The molecule has 0 spiro atoms. The van der Waals surface area contributed by atoms with Crippen molar-refractivity contribution >= 4 is 6.29 Å². The average molecular weight is 177 g/mol. The highest BCUT2D eigenvalue weighted by Gasteiger charge is 2.35. The normalized spacial score (nSPS) is 33.8. The van der Waals surface area contributed by atoms with Crippen LogP contribution < -0.4 is 0 Å². The molecule has 0 aromatic rings. The van der Waals surface area contributed by atoms with Gasteiger partial charge >= 0.3 is 0 Å². The molecule has 1 aliphatic carbocycles. The van der Waals surface area contributed by atoms with Gasteiger partial charge < -0.3 is 4.79 Å². The van der Waals surface area contributed by atoms with Crippen molar-refractivity contribution in [3.63, 3.8) is 0 Å². The van der Waals surface area contributed by atoms with E-state index in [1.165, 1.54) is 12.8 Å². The topological polar surface area (TPSA) is 20.3 Å². The summed E-state index contributed by atoms with van der Waals surface area (Å²) in [5, 5.41) is 0. The summed E-state index contributed by atoms with van der Waals surface area (Å²) in [5.74, 6) is 0. The summed E-state index contributed by atoms with van der Waals surface area (Å²) in [5.41, 5.74) is -0.314. The second-order valence-electron chi connectivity index (χ2n) is 3.79. The molecular formula is C11H15NO. The van der Waals surface area contributed by atoms with Gasteiger partial charge in [0.2, 0.25) is 0 Å². The zero-order valence-electron chi connectivity index (χ0n) is 7.78. The fourth-order valence-corrected chi connectivity index (χ4v) is 2.16. The molecule has 0 amide bonds. The Morgan fingerprint density at radius 3 is 2.54 bits per heavy atom. The quantitative estimate of drug-likeness (QED) is 0.596. The van der Waals surface area contributed by atoms with E-state index in [2.05, 4.69) is 11.0 Å². The van der Waals surface area contributed by atoms with Crippen LogP contribution in [0.4, 0.5) is 0 Å². The summed E-state index contributed by atoms with van der Waals surface area (Å²) >= 11 is 0. The van der Waals surface area contributed by atoms with Crippen LogP contribution in [0.5, 0.6) is 0 Å². The molecule has 70 valence electrons. The lowest BCUT2D eigenvalue weighted by molar-refractivity contribution is -0.115. The molecule has 0 N–H and O–H groups in total. The molecule has 2 rings (SSSR count). The lowest BCUT2D eigenvalue weighted by Crippen LogP contribution is -2.47. The Hall–Kier alpha value is -0.890. The van der Waals surface area contributed by atoms with Crippen molar-refractivity contribution in [3.05, 3.63) is 24.3 Å². The molecule has 2 nitrogen and oxygen atoms in total. The smallest absolute Gasteiger partial charge is 0.144 e. The third-order valence-electron chi connectivity index (χ3n) is 2.98. The van der Waals surface area contributed by atoms with Gasteiger partial charge in [0.05, 0.1) is 5.54 Å². The Bertz CT molecular complexity index is 251. The first-order valence-corrected chi connectivity index (χ1v) is 4.93. The van der Waals surface area contributed by atoms with Crippen molar-refractivity contribution in [2.24, 2.45) is 0 Å². The van der Waals surface area contributed by atoms with Gasteiger partial charge in [0.1, 0.15) is 6.29 Å². The molecule has 1 unspecified atom stereocenters. The van der Waals surface area contributed by atoms with Crippen LogP contribution in [0.1, 0.15) is 19.3 Å². The number of nitrogens with zero attached hydrogens (tertiary/aromatic N) is 1. The summed E-state index contributed by atoms with van der Waals surface area (Å²) in [6.07, 6.45) is 12.5. The van der Waals surface area contributed by atoms with Gasteiger partial charge in [-0.1, -0.05) is 24.3 Å². The average Bonchev–Trinajstić information content (AvgIpc) is 2.72. The Morgan fingerprint density at radius 1 is 1.23 bits per heavy atom. The van der Waals surface area contributed by atoms with Crippen LogP contribution in [0.3, 0.4) is 0 Å². The Balaban J connectivity index is 2.18. The summed E-state index contributed by atoms with van der Waals surface area (Å²) in [6.45, 7) is 2.13. The molecule has 1 aliphatic heterocycles. The van der Waals surface area contributed by atoms with Gasteiger partial charge in [-0.05, 0) is 32.4 Å². The van der Waals surface area contributed by atoms with Crippen molar-refractivity contribution in [2.75, 3.05) is 13.1 Å². The molecule has 1 saturated heterocycles. The number of hydrogen-bond acceptors (Lipinski definition) is 2. The Morgan fingerprint density at radius 2 is 2.00 bits per heavy atom. The van der Waals surface area contributed by atoms with E-state index >= 15 is 0 Å². The van der Waals surface area contributed by atoms with Crippen molar-refractivity contribution in [2.45, 2.75) is 24.8 Å². The third kappa shape index (κ3) is 1.46. The molecular weight excluding hydrogens is 162 g/mol. The predicted molar refractivity (Wildman–Crippen MR) is 52.5 cm³/mol. The van der Waals surface area contributed by atoms with E-state index in [4.69, 9.17) is 0 Å². The molecule has 2 heteroatoms. The third-order valence-corrected chi connectivity index (χ3v) is 2.98. The van der Waals surface area contributed by atoms with Gasteiger partial charge in [0, 0.05) is 0 Å². The zero-order chi connectivity index (χ0) is 9.15. The molecule has 0 radical (unpaired) electrons. The van der Waals surface area contributed by atoms with Crippen molar-refractivity contribution in [3.8, 4) is 0 Å². The second-order valence-corrected chi connectivity index (χ2v) is 3.79. The van der Waals surface area contributed by atoms with Crippen molar-refractivity contribution < 1.29 is 4.79 Å². The van der Waals surface area contributed by atoms with E-state index in [9.17, 15) is 4.79 Å². The van der Waals surface area contributed by atoms with E-state index in [0.717, 1.165) is 25.8 Å². The summed E-state index contributed by atoms with van der Waals surface area (Å²) in [6, 6.07) is 0. The molecule has 0 bridgehead atoms. The maximum Gasteiger partial charge on any atom is 0.144 e. The molecule has 1 atom stereocenters. The van der Waals surface area contributed by atoms with Crippen LogP contribution in [0.15, 0.2) is 24.3 Å². The highest BCUT2D eigenvalue weighted by Crippen LogP contribution is 2.27. The number of allylic oxidation sites excluding steroid dienone is 2. The lowest BCUT2D eigenvalue weighted by atomic mass is 9.91. The number of rotatable bonds is 2. The Kier molecular flexibility index (Phi) is 2.32. The van der Waals surface area contributed by atoms with Crippen LogP contribution >= 0.6 is 0 Å². The van der Waals surface area contributed by atoms with E-state index in [1.54, 1.807) is 0 Å². The highest BCUT2D eigenvalue weighted by molar-refractivity contribution is 5.69. The van der Waals surface area contributed by atoms with Gasteiger partial charge in [-0.15, -0.1) is 0 Å². The molecule has 0 saturated carbocycles. The molecule has 1 fully saturated rings. The summed E-state index contributed by atoms with van der Waals surface area (Å²) < 4.78 is 0. The van der Waals surface area contributed by atoms with Gasteiger partial charge in [-0.2, -0.15) is 0 Å². The number of aldehydes is 1. The van der Waals surface area contributed by atoms with Crippen LogP contribution in [0.2, 0.25) is 0 Å². The predicted octanol–water partition coefficient (Wildman–Crippen LogP) is 1.54. The molecule has 0 aromatic heterocycles. The molecule has 1 heterocycles. The number of hydrogen-bond donors (Lipinski definition) is 0. The minimum absolute atomic E-state index is 0.314. The zero-order valence-corrected chi connectivity index (χ0v) is 7.78. The summed E-state index contributed by atoms with van der Waals surface area (Å²) in [4.78, 5) is 13.4. The van der Waals surface area contributed by atoms with E-state index < -0.39 is 0 Å². The number of carbonyl (C=O) groups is 1. The second kappa shape index (κ2) is 3.46. The van der Waals surface area contributed by atoms with Crippen LogP contribution in [0.25, 0.3) is 0 Å². The number of likely N-dealkylation sites (tertiary alicyclic amines) is 1. The van der Waals surface area contributed by atoms with E-state index in [1.807, 2.05) is 18.2 Å². The van der Waals surface area contributed by atoms with Gasteiger partial charge in [0.25, 0.3) is 0 Å². The Labute approximate surface area is 78.9 Å². The first kappa shape index (κ1) is 8.70. The van der Waals surface area contributed by atoms with E-state index in [-0.39, 0.29) is 5.54 Å². The fraction of sp³-hybridized carbons (Fsp3) is 0.545. The van der Waals surface area contributed by atoms with E-state index in [0.29, 0.717) is 0 Å². The maximum atomic E-state index is 11.1. The maximum absolute atomic E-state index is 11.1. The van der Waals surface area contributed by atoms with Crippen LogP contribution in [-0.2, 0) is 4.79 Å². The lowest BCUT2D eigenvalue weighted by Gasteiger charge is -2.35. The van der Waals surface area contributed by atoms with Crippen LogP contribution in [-0.4, -0.2) is 29.8 Å². The minimum atomic E-state index is -0.314. The monoisotopic (exact) mass is 177 g/mol. The van der Waals surface area contributed by atoms with Gasteiger partial charge in [-0.3, -0.25) is 4.90 Å².